The first kappa shape index (κ1) is 9.62. The van der Waals surface area contributed by atoms with Gasteiger partial charge < -0.3 is 10.2 Å². The van der Waals surface area contributed by atoms with Gasteiger partial charge in [-0.3, -0.25) is 0 Å². The van der Waals surface area contributed by atoms with E-state index in [0.717, 1.165) is 17.7 Å². The average Bonchev–Trinajstić information content (AvgIpc) is 2.06. The third-order valence-corrected chi connectivity index (χ3v) is 1.82. The topological polar surface area (TPSA) is 39.2 Å². The van der Waals surface area contributed by atoms with E-state index in [1.165, 1.54) is 0 Å². The van der Waals surface area contributed by atoms with Crippen molar-refractivity contribution in [1.29, 1.82) is 0 Å². The van der Waals surface area contributed by atoms with Gasteiger partial charge in [-0.2, -0.15) is 0 Å². The fourth-order valence-electron chi connectivity index (χ4n) is 1.15. The monoisotopic (exact) mass is 187 g/mol. The van der Waals surface area contributed by atoms with Gasteiger partial charge in [0, 0.05) is 5.54 Å². The summed E-state index contributed by atoms with van der Waals surface area (Å²) in [4.78, 5) is 0. The molecule has 0 saturated carbocycles. The maximum Gasteiger partial charge on any atom is 0.193 e. The first-order chi connectivity index (χ1) is 5.38. The number of furan rings is 1. The minimum atomic E-state index is -0.210. The standard InChI is InChI=1S/C9H14ClNO/c1-6-7(4-8(10)12-6)5-9(2,3)11/h4H,5,11H2,1-3H3. The fourth-order valence-corrected chi connectivity index (χ4v) is 1.39. The van der Waals surface area contributed by atoms with Crippen molar-refractivity contribution in [3.63, 3.8) is 0 Å². The number of rotatable bonds is 2. The van der Waals surface area contributed by atoms with E-state index in [2.05, 4.69) is 0 Å². The Morgan fingerprint density at radius 3 is 2.50 bits per heavy atom. The molecule has 0 bridgehead atoms. The first-order valence-corrected chi connectivity index (χ1v) is 4.30. The van der Waals surface area contributed by atoms with Gasteiger partial charge in [0.2, 0.25) is 0 Å². The summed E-state index contributed by atoms with van der Waals surface area (Å²) in [7, 11) is 0. The van der Waals surface area contributed by atoms with Gasteiger partial charge in [0.1, 0.15) is 5.76 Å². The molecule has 0 radical (unpaired) electrons. The van der Waals surface area contributed by atoms with Gasteiger partial charge in [-0.1, -0.05) is 0 Å². The molecule has 0 saturated heterocycles. The number of halogens is 1. The molecule has 0 aliphatic heterocycles. The van der Waals surface area contributed by atoms with E-state index in [1.54, 1.807) is 0 Å². The summed E-state index contributed by atoms with van der Waals surface area (Å²) in [6.07, 6.45) is 0.787. The molecule has 0 aromatic carbocycles. The van der Waals surface area contributed by atoms with E-state index < -0.39 is 0 Å². The third-order valence-electron chi connectivity index (χ3n) is 1.64. The molecule has 1 rings (SSSR count). The Balaban J connectivity index is 2.82. The molecule has 0 fully saturated rings. The lowest BCUT2D eigenvalue weighted by molar-refractivity contribution is 0.495. The van der Waals surface area contributed by atoms with Crippen molar-refractivity contribution in [2.24, 2.45) is 5.73 Å². The highest BCUT2D eigenvalue weighted by atomic mass is 35.5. The van der Waals surface area contributed by atoms with Crippen molar-refractivity contribution in [2.45, 2.75) is 32.7 Å². The van der Waals surface area contributed by atoms with Crippen LogP contribution in [0.1, 0.15) is 25.2 Å². The van der Waals surface area contributed by atoms with Gasteiger partial charge in [0.05, 0.1) is 0 Å². The molecule has 0 spiro atoms. The highest BCUT2D eigenvalue weighted by Gasteiger charge is 2.15. The van der Waals surface area contributed by atoms with Gasteiger partial charge in [-0.15, -0.1) is 0 Å². The zero-order valence-corrected chi connectivity index (χ0v) is 8.40. The van der Waals surface area contributed by atoms with Crippen LogP contribution in [0.15, 0.2) is 10.5 Å². The average molecular weight is 188 g/mol. The molecule has 0 atom stereocenters. The van der Waals surface area contributed by atoms with E-state index in [-0.39, 0.29) is 5.54 Å². The summed E-state index contributed by atoms with van der Waals surface area (Å²) in [6.45, 7) is 5.85. The van der Waals surface area contributed by atoms with E-state index in [4.69, 9.17) is 21.8 Å². The predicted octanol–water partition coefficient (Wildman–Crippen LogP) is 2.52. The van der Waals surface area contributed by atoms with Crippen LogP contribution in [0.2, 0.25) is 5.22 Å². The van der Waals surface area contributed by atoms with Crippen LogP contribution in [0.3, 0.4) is 0 Å². The van der Waals surface area contributed by atoms with Crippen LogP contribution in [-0.2, 0) is 6.42 Å². The zero-order valence-electron chi connectivity index (χ0n) is 7.65. The largest absolute Gasteiger partial charge is 0.450 e. The molecule has 12 heavy (non-hydrogen) atoms. The normalized spacial score (nSPS) is 12.1. The van der Waals surface area contributed by atoms with E-state index in [0.29, 0.717) is 5.22 Å². The minimum absolute atomic E-state index is 0.210. The second-order valence-electron chi connectivity index (χ2n) is 3.80. The quantitative estimate of drug-likeness (QED) is 0.773. The zero-order chi connectivity index (χ0) is 9.35. The van der Waals surface area contributed by atoms with E-state index in [9.17, 15) is 0 Å². The lowest BCUT2D eigenvalue weighted by Crippen LogP contribution is -2.34. The molecular weight excluding hydrogens is 174 g/mol. The summed E-state index contributed by atoms with van der Waals surface area (Å²) in [5, 5.41) is 0.437. The molecule has 3 heteroatoms. The molecule has 0 amide bonds. The molecule has 0 aliphatic rings. The van der Waals surface area contributed by atoms with Crippen LogP contribution in [0, 0.1) is 6.92 Å². The molecular formula is C9H14ClNO. The Morgan fingerprint density at radius 2 is 2.17 bits per heavy atom. The van der Waals surface area contributed by atoms with Gasteiger partial charge in [-0.05, 0) is 50.4 Å². The smallest absolute Gasteiger partial charge is 0.193 e. The summed E-state index contributed by atoms with van der Waals surface area (Å²) < 4.78 is 5.17. The van der Waals surface area contributed by atoms with Crippen molar-refractivity contribution in [2.75, 3.05) is 0 Å². The Labute approximate surface area is 77.7 Å². The lowest BCUT2D eigenvalue weighted by Gasteiger charge is -2.17. The number of aryl methyl sites for hydroxylation is 1. The predicted molar refractivity (Wildman–Crippen MR) is 50.4 cm³/mol. The summed E-state index contributed by atoms with van der Waals surface area (Å²) >= 11 is 5.69. The van der Waals surface area contributed by atoms with Gasteiger partial charge in [0.25, 0.3) is 0 Å². The first-order valence-electron chi connectivity index (χ1n) is 3.92. The van der Waals surface area contributed by atoms with Crippen molar-refractivity contribution in [3.8, 4) is 0 Å². The molecule has 2 nitrogen and oxygen atoms in total. The molecule has 0 aliphatic carbocycles. The van der Waals surface area contributed by atoms with Crippen LogP contribution >= 0.6 is 11.6 Å². The number of nitrogens with two attached hydrogens (primary N) is 1. The van der Waals surface area contributed by atoms with Crippen molar-refractivity contribution >= 4 is 11.6 Å². The van der Waals surface area contributed by atoms with Gasteiger partial charge in [-0.25, -0.2) is 0 Å². The fraction of sp³-hybridized carbons (Fsp3) is 0.556. The van der Waals surface area contributed by atoms with E-state index in [1.807, 2.05) is 26.8 Å². The van der Waals surface area contributed by atoms with Crippen molar-refractivity contribution in [3.05, 3.63) is 22.6 Å². The van der Waals surface area contributed by atoms with Crippen LogP contribution in [0.4, 0.5) is 0 Å². The Bertz CT molecular complexity index is 273. The van der Waals surface area contributed by atoms with Crippen LogP contribution in [-0.4, -0.2) is 5.54 Å². The maximum atomic E-state index is 5.86. The van der Waals surface area contributed by atoms with Gasteiger partial charge >= 0.3 is 0 Å². The highest BCUT2D eigenvalue weighted by molar-refractivity contribution is 6.28. The van der Waals surface area contributed by atoms with Crippen LogP contribution in [0.5, 0.6) is 0 Å². The lowest BCUT2D eigenvalue weighted by atomic mass is 9.97. The molecule has 0 unspecified atom stereocenters. The second kappa shape index (κ2) is 3.11. The summed E-state index contributed by atoms with van der Waals surface area (Å²) in [5.74, 6) is 0.860. The Hall–Kier alpha value is -0.470. The SMILES string of the molecule is Cc1oc(Cl)cc1CC(C)(C)N. The van der Waals surface area contributed by atoms with Gasteiger partial charge in [0.15, 0.2) is 5.22 Å². The summed E-state index contributed by atoms with van der Waals surface area (Å²) in [6, 6.07) is 1.82. The Kier molecular flexibility index (Phi) is 2.49. The molecule has 1 aromatic heterocycles. The number of hydrogen-bond acceptors (Lipinski definition) is 2. The minimum Gasteiger partial charge on any atom is -0.450 e. The van der Waals surface area contributed by atoms with Crippen LogP contribution < -0.4 is 5.73 Å². The second-order valence-corrected chi connectivity index (χ2v) is 4.17. The van der Waals surface area contributed by atoms with E-state index >= 15 is 0 Å². The van der Waals surface area contributed by atoms with Crippen LogP contribution in [0.25, 0.3) is 0 Å². The number of hydrogen-bond donors (Lipinski definition) is 1. The van der Waals surface area contributed by atoms with Crippen molar-refractivity contribution < 1.29 is 4.42 Å². The third kappa shape index (κ3) is 2.54. The Morgan fingerprint density at radius 1 is 1.58 bits per heavy atom. The highest BCUT2D eigenvalue weighted by Crippen LogP contribution is 2.21. The molecule has 1 aromatic rings. The molecule has 2 N–H and O–H groups in total. The maximum absolute atomic E-state index is 5.86. The van der Waals surface area contributed by atoms with Crippen molar-refractivity contribution in [1.82, 2.24) is 0 Å². The molecule has 68 valence electrons. The summed E-state index contributed by atoms with van der Waals surface area (Å²) in [5.41, 5.74) is 6.74. The molecule has 1 heterocycles.